The molecule has 0 aromatic heterocycles. The summed E-state index contributed by atoms with van der Waals surface area (Å²) in [5, 5.41) is 0. The molecule has 0 amide bonds. The number of nitrogens with zero attached hydrogens (tertiary/aromatic N) is 2. The maximum atomic E-state index is 6.19. The van der Waals surface area contributed by atoms with Crippen LogP contribution < -0.4 is 0 Å². The van der Waals surface area contributed by atoms with E-state index in [2.05, 4.69) is 51.3 Å². The van der Waals surface area contributed by atoms with E-state index in [9.17, 15) is 0 Å². The molecule has 0 saturated carbocycles. The molecule has 4 nitrogen and oxygen atoms in total. The molecule has 4 atom stereocenters. The first-order chi connectivity index (χ1) is 10.3. The van der Waals surface area contributed by atoms with E-state index in [4.69, 9.17) is 9.47 Å². The molecule has 0 N–H and O–H groups in total. The second kappa shape index (κ2) is 7.61. The minimum absolute atomic E-state index is 0.237. The van der Waals surface area contributed by atoms with Crippen LogP contribution in [-0.2, 0) is 9.47 Å². The Bertz CT molecular complexity index is 342. The van der Waals surface area contributed by atoms with Gasteiger partial charge in [-0.05, 0) is 54.4 Å². The Hall–Kier alpha value is -0.160. The van der Waals surface area contributed by atoms with Crippen LogP contribution in [0.4, 0.5) is 0 Å². The third-order valence-corrected chi connectivity index (χ3v) is 5.17. The first kappa shape index (κ1) is 18.2. The molecular formula is C18H36N2O2. The molecule has 0 aromatic carbocycles. The average molecular weight is 312 g/mol. The van der Waals surface area contributed by atoms with Crippen molar-refractivity contribution in [3.05, 3.63) is 0 Å². The smallest absolute Gasteiger partial charge is 0.0707 e. The van der Waals surface area contributed by atoms with E-state index >= 15 is 0 Å². The van der Waals surface area contributed by atoms with Crippen LogP contribution >= 0.6 is 0 Å². The number of rotatable bonds is 4. The van der Waals surface area contributed by atoms with Crippen LogP contribution in [0.3, 0.4) is 0 Å². The second-order valence-electron chi connectivity index (χ2n) is 8.23. The topological polar surface area (TPSA) is 24.9 Å². The van der Waals surface area contributed by atoms with Crippen molar-refractivity contribution in [2.75, 3.05) is 32.8 Å². The molecule has 22 heavy (non-hydrogen) atoms. The Morgan fingerprint density at radius 3 is 2.55 bits per heavy atom. The van der Waals surface area contributed by atoms with Gasteiger partial charge in [-0.1, -0.05) is 0 Å². The Morgan fingerprint density at radius 2 is 1.91 bits per heavy atom. The predicted octanol–water partition coefficient (Wildman–Crippen LogP) is 2.76. The zero-order chi connectivity index (χ0) is 16.3. The molecular weight excluding hydrogens is 276 g/mol. The normalized spacial score (nSPS) is 33.8. The third kappa shape index (κ3) is 4.92. The number of ether oxygens (including phenoxy) is 2. The first-order valence-corrected chi connectivity index (χ1v) is 9.01. The lowest BCUT2D eigenvalue weighted by Gasteiger charge is -2.44. The van der Waals surface area contributed by atoms with Gasteiger partial charge in [-0.3, -0.25) is 9.80 Å². The van der Waals surface area contributed by atoms with Gasteiger partial charge in [-0.2, -0.15) is 0 Å². The van der Waals surface area contributed by atoms with Gasteiger partial charge in [0.05, 0.1) is 25.4 Å². The van der Waals surface area contributed by atoms with Gasteiger partial charge >= 0.3 is 0 Å². The highest BCUT2D eigenvalue weighted by Gasteiger charge is 2.32. The van der Waals surface area contributed by atoms with Crippen LogP contribution in [0.25, 0.3) is 0 Å². The van der Waals surface area contributed by atoms with Crippen LogP contribution in [0, 0.1) is 0 Å². The fraction of sp³-hybridized carbons (Fsp3) is 1.00. The van der Waals surface area contributed by atoms with Crippen LogP contribution in [0.2, 0.25) is 0 Å². The quantitative estimate of drug-likeness (QED) is 0.797. The van der Waals surface area contributed by atoms with Gasteiger partial charge in [0, 0.05) is 37.3 Å². The fourth-order valence-electron chi connectivity index (χ4n) is 3.74. The Morgan fingerprint density at radius 1 is 1.18 bits per heavy atom. The molecule has 0 spiro atoms. The number of morpholine rings is 2. The monoisotopic (exact) mass is 312 g/mol. The minimum atomic E-state index is 0.237. The summed E-state index contributed by atoms with van der Waals surface area (Å²) >= 11 is 0. The highest BCUT2D eigenvalue weighted by atomic mass is 16.5. The summed E-state index contributed by atoms with van der Waals surface area (Å²) in [6.45, 7) is 18.7. The van der Waals surface area contributed by atoms with E-state index in [1.165, 1.54) is 6.42 Å². The van der Waals surface area contributed by atoms with Crippen molar-refractivity contribution in [3.63, 3.8) is 0 Å². The molecule has 0 aliphatic carbocycles. The van der Waals surface area contributed by atoms with Crippen molar-refractivity contribution in [1.29, 1.82) is 0 Å². The lowest BCUT2D eigenvalue weighted by molar-refractivity contribution is -0.106. The molecule has 0 bridgehead atoms. The maximum absolute atomic E-state index is 6.19. The lowest BCUT2D eigenvalue weighted by Crippen LogP contribution is -2.54. The van der Waals surface area contributed by atoms with Gasteiger partial charge in [0.2, 0.25) is 0 Å². The SMILES string of the molecule is CC(CC[C@H]1CN(C(C)(C)C)C[C@@H](C)O1)N1CCOC[C@H]1C. The van der Waals surface area contributed by atoms with Crippen LogP contribution in [0.5, 0.6) is 0 Å². The van der Waals surface area contributed by atoms with Crippen molar-refractivity contribution in [1.82, 2.24) is 9.80 Å². The molecule has 2 heterocycles. The van der Waals surface area contributed by atoms with Gasteiger partial charge in [0.25, 0.3) is 0 Å². The molecule has 2 aliphatic rings. The third-order valence-electron chi connectivity index (χ3n) is 5.17. The molecule has 2 fully saturated rings. The summed E-state index contributed by atoms with van der Waals surface area (Å²) in [5.74, 6) is 0. The summed E-state index contributed by atoms with van der Waals surface area (Å²) in [5.41, 5.74) is 0.237. The summed E-state index contributed by atoms with van der Waals surface area (Å²) < 4.78 is 11.7. The standard InChI is InChI=1S/C18H36N2O2/c1-14(20-9-10-21-13-15(20)2)7-8-17-12-19(18(4,5)6)11-16(3)22-17/h14-17H,7-13H2,1-6H3/t14?,15-,16-,17+/m1/s1. The van der Waals surface area contributed by atoms with Crippen molar-refractivity contribution in [3.8, 4) is 0 Å². The van der Waals surface area contributed by atoms with E-state index in [1.807, 2.05) is 0 Å². The van der Waals surface area contributed by atoms with E-state index < -0.39 is 0 Å². The largest absolute Gasteiger partial charge is 0.379 e. The van der Waals surface area contributed by atoms with Crippen molar-refractivity contribution in [2.45, 2.75) is 84.2 Å². The van der Waals surface area contributed by atoms with E-state index in [1.54, 1.807) is 0 Å². The zero-order valence-electron chi connectivity index (χ0n) is 15.5. The Labute approximate surface area is 137 Å². The summed E-state index contributed by atoms with van der Waals surface area (Å²) in [7, 11) is 0. The van der Waals surface area contributed by atoms with Gasteiger partial charge < -0.3 is 9.47 Å². The van der Waals surface area contributed by atoms with E-state index in [-0.39, 0.29) is 5.54 Å². The summed E-state index contributed by atoms with van der Waals surface area (Å²) in [6, 6.07) is 1.16. The maximum Gasteiger partial charge on any atom is 0.0707 e. The van der Waals surface area contributed by atoms with Crippen LogP contribution in [-0.4, -0.2) is 72.5 Å². The van der Waals surface area contributed by atoms with Gasteiger partial charge in [-0.25, -0.2) is 0 Å². The highest BCUT2D eigenvalue weighted by Crippen LogP contribution is 2.24. The molecule has 0 aromatic rings. The van der Waals surface area contributed by atoms with Gasteiger partial charge in [0.1, 0.15) is 0 Å². The summed E-state index contributed by atoms with van der Waals surface area (Å²) in [4.78, 5) is 5.17. The van der Waals surface area contributed by atoms with Crippen molar-refractivity contribution < 1.29 is 9.47 Å². The van der Waals surface area contributed by atoms with Crippen molar-refractivity contribution in [2.24, 2.45) is 0 Å². The Kier molecular flexibility index (Phi) is 6.29. The Balaban J connectivity index is 1.82. The lowest BCUT2D eigenvalue weighted by atomic mass is 9.99. The molecule has 2 aliphatic heterocycles. The molecule has 4 heteroatoms. The van der Waals surface area contributed by atoms with Crippen molar-refractivity contribution >= 4 is 0 Å². The van der Waals surface area contributed by atoms with Gasteiger partial charge in [-0.15, -0.1) is 0 Å². The van der Waals surface area contributed by atoms with Crippen LogP contribution in [0.1, 0.15) is 54.4 Å². The first-order valence-electron chi connectivity index (χ1n) is 9.01. The van der Waals surface area contributed by atoms with E-state index in [0.717, 1.165) is 39.3 Å². The van der Waals surface area contributed by atoms with Crippen LogP contribution in [0.15, 0.2) is 0 Å². The second-order valence-corrected chi connectivity index (χ2v) is 8.23. The fourth-order valence-corrected chi connectivity index (χ4v) is 3.74. The average Bonchev–Trinajstić information content (AvgIpc) is 2.44. The molecule has 2 saturated heterocycles. The molecule has 0 radical (unpaired) electrons. The van der Waals surface area contributed by atoms with Gasteiger partial charge in [0.15, 0.2) is 0 Å². The minimum Gasteiger partial charge on any atom is -0.379 e. The molecule has 130 valence electrons. The zero-order valence-corrected chi connectivity index (χ0v) is 15.5. The van der Waals surface area contributed by atoms with E-state index in [0.29, 0.717) is 24.3 Å². The summed E-state index contributed by atoms with van der Waals surface area (Å²) in [6.07, 6.45) is 3.08. The molecule has 2 rings (SSSR count). The predicted molar refractivity (Wildman–Crippen MR) is 91.3 cm³/mol. The molecule has 1 unspecified atom stereocenters. The number of hydrogen-bond acceptors (Lipinski definition) is 4. The highest BCUT2D eigenvalue weighted by molar-refractivity contribution is 4.85. The number of hydrogen-bond donors (Lipinski definition) is 0.